The molecule has 2 heterocycles. The predicted molar refractivity (Wildman–Crippen MR) is 110 cm³/mol. The van der Waals surface area contributed by atoms with E-state index in [1.54, 1.807) is 16.9 Å². The van der Waals surface area contributed by atoms with Crippen molar-refractivity contribution in [1.29, 1.82) is 0 Å². The van der Waals surface area contributed by atoms with Gasteiger partial charge in [0.05, 0.1) is 16.8 Å². The molecule has 1 aromatic carbocycles. The number of fused-ring (bicyclic) bond motifs is 1. The van der Waals surface area contributed by atoms with E-state index in [4.69, 9.17) is 6.42 Å². The average molecular weight is 381 g/mol. The normalized spacial score (nSPS) is 12.0. The zero-order valence-corrected chi connectivity index (χ0v) is 16.8. The Hall–Kier alpha value is -2.65. The average Bonchev–Trinajstić information content (AvgIpc) is 3.26. The van der Waals surface area contributed by atoms with Gasteiger partial charge in [0, 0.05) is 12.2 Å². The van der Waals surface area contributed by atoms with E-state index >= 15 is 0 Å². The fourth-order valence-corrected chi connectivity index (χ4v) is 4.11. The standard InChI is InChI=1S/C21H24N4OS/c1-5-7-8-16-9-10-17-19(14-16)27-21(24(17)13-6-2)23-20(26)18-11-12-22-25(18)15(3)4/h2,9-12,14-15H,5,7-8,13H2,1,3-4H3. The van der Waals surface area contributed by atoms with Gasteiger partial charge in [-0.15, -0.1) is 6.42 Å². The Morgan fingerprint density at radius 1 is 1.37 bits per heavy atom. The van der Waals surface area contributed by atoms with Crippen molar-refractivity contribution < 1.29 is 4.79 Å². The Kier molecular flexibility index (Phi) is 5.92. The molecule has 0 saturated heterocycles. The zero-order valence-electron chi connectivity index (χ0n) is 16.0. The molecular weight excluding hydrogens is 356 g/mol. The van der Waals surface area contributed by atoms with E-state index in [1.807, 2.05) is 18.4 Å². The summed E-state index contributed by atoms with van der Waals surface area (Å²) >= 11 is 1.50. The minimum atomic E-state index is -0.301. The number of carbonyl (C=O) groups excluding carboxylic acids is 1. The van der Waals surface area contributed by atoms with Gasteiger partial charge in [-0.2, -0.15) is 10.1 Å². The lowest BCUT2D eigenvalue weighted by Crippen LogP contribution is -2.18. The molecule has 1 amide bonds. The predicted octanol–water partition coefficient (Wildman–Crippen LogP) is 4.20. The van der Waals surface area contributed by atoms with Crippen LogP contribution in [0.2, 0.25) is 0 Å². The van der Waals surface area contributed by atoms with Gasteiger partial charge in [0.15, 0.2) is 4.80 Å². The number of hydrogen-bond acceptors (Lipinski definition) is 3. The second-order valence-electron chi connectivity index (χ2n) is 6.75. The molecule has 0 unspecified atom stereocenters. The maximum absolute atomic E-state index is 12.8. The van der Waals surface area contributed by atoms with E-state index in [-0.39, 0.29) is 11.9 Å². The van der Waals surface area contributed by atoms with Gasteiger partial charge in [-0.25, -0.2) is 0 Å². The molecule has 27 heavy (non-hydrogen) atoms. The Morgan fingerprint density at radius 3 is 2.89 bits per heavy atom. The summed E-state index contributed by atoms with van der Waals surface area (Å²) < 4.78 is 4.72. The highest BCUT2D eigenvalue weighted by molar-refractivity contribution is 7.16. The SMILES string of the molecule is C#CCn1c(=NC(=O)c2ccnn2C(C)C)sc2cc(CCCC)ccc21. The number of benzene rings is 1. The summed E-state index contributed by atoms with van der Waals surface area (Å²) in [5.41, 5.74) is 2.80. The third-order valence-electron chi connectivity index (χ3n) is 4.39. The smallest absolute Gasteiger partial charge is 0.297 e. The van der Waals surface area contributed by atoms with Crippen LogP contribution in [0.4, 0.5) is 0 Å². The number of nitrogens with zero attached hydrogens (tertiary/aromatic N) is 4. The van der Waals surface area contributed by atoms with Crippen molar-refractivity contribution in [1.82, 2.24) is 14.3 Å². The van der Waals surface area contributed by atoms with Gasteiger partial charge in [0.1, 0.15) is 5.69 Å². The quantitative estimate of drug-likeness (QED) is 0.602. The molecule has 140 valence electrons. The molecule has 0 atom stereocenters. The second-order valence-corrected chi connectivity index (χ2v) is 7.76. The van der Waals surface area contributed by atoms with Gasteiger partial charge in [0.25, 0.3) is 5.91 Å². The summed E-state index contributed by atoms with van der Waals surface area (Å²) in [5, 5.41) is 4.22. The van der Waals surface area contributed by atoms with Gasteiger partial charge < -0.3 is 4.57 Å². The van der Waals surface area contributed by atoms with Crippen LogP contribution in [0.25, 0.3) is 10.2 Å². The zero-order chi connectivity index (χ0) is 19.4. The van der Waals surface area contributed by atoms with Crippen LogP contribution in [0.3, 0.4) is 0 Å². The molecule has 6 heteroatoms. The Morgan fingerprint density at radius 2 is 2.19 bits per heavy atom. The number of aromatic nitrogens is 3. The monoisotopic (exact) mass is 380 g/mol. The fourth-order valence-electron chi connectivity index (χ4n) is 3.02. The van der Waals surface area contributed by atoms with Crippen molar-refractivity contribution in [3.63, 3.8) is 0 Å². The van der Waals surface area contributed by atoms with Gasteiger partial charge >= 0.3 is 0 Å². The lowest BCUT2D eigenvalue weighted by atomic mass is 10.1. The van der Waals surface area contributed by atoms with Gasteiger partial charge in [-0.1, -0.05) is 36.7 Å². The number of carbonyl (C=O) groups is 1. The number of aryl methyl sites for hydroxylation is 1. The highest BCUT2D eigenvalue weighted by Gasteiger charge is 2.14. The Bertz CT molecular complexity index is 1060. The Balaban J connectivity index is 2.07. The maximum Gasteiger partial charge on any atom is 0.297 e. The number of rotatable bonds is 6. The molecule has 0 spiro atoms. The van der Waals surface area contributed by atoms with Crippen LogP contribution < -0.4 is 4.80 Å². The third kappa shape index (κ3) is 4.04. The van der Waals surface area contributed by atoms with Crippen molar-refractivity contribution in [3.8, 4) is 12.3 Å². The fraction of sp³-hybridized carbons (Fsp3) is 0.381. The molecule has 0 aliphatic carbocycles. The van der Waals surface area contributed by atoms with E-state index in [0.717, 1.165) is 29.5 Å². The minimum Gasteiger partial charge on any atom is -0.305 e. The van der Waals surface area contributed by atoms with Gasteiger partial charge in [-0.3, -0.25) is 9.48 Å². The molecule has 0 aliphatic heterocycles. The number of amides is 1. The summed E-state index contributed by atoms with van der Waals surface area (Å²) in [4.78, 5) is 17.8. The first kappa shape index (κ1) is 19.1. The van der Waals surface area contributed by atoms with Gasteiger partial charge in [-0.05, 0) is 50.5 Å². The van der Waals surface area contributed by atoms with E-state index in [9.17, 15) is 4.79 Å². The molecule has 0 aliphatic rings. The van der Waals surface area contributed by atoms with Crippen LogP contribution >= 0.6 is 11.3 Å². The van der Waals surface area contributed by atoms with E-state index in [2.05, 4.69) is 41.1 Å². The number of terminal acetylenes is 1. The van der Waals surface area contributed by atoms with Crippen molar-refractivity contribution in [2.75, 3.05) is 0 Å². The third-order valence-corrected chi connectivity index (χ3v) is 5.43. The van der Waals surface area contributed by atoms with Crippen molar-refractivity contribution in [2.24, 2.45) is 4.99 Å². The molecule has 0 fully saturated rings. The molecule has 0 radical (unpaired) electrons. The summed E-state index contributed by atoms with van der Waals surface area (Å²) in [6, 6.07) is 8.20. The van der Waals surface area contributed by atoms with Crippen molar-refractivity contribution >= 4 is 27.5 Å². The number of hydrogen-bond donors (Lipinski definition) is 0. The van der Waals surface area contributed by atoms with Crippen LogP contribution in [0.15, 0.2) is 35.5 Å². The van der Waals surface area contributed by atoms with Gasteiger partial charge in [0.2, 0.25) is 0 Å². The van der Waals surface area contributed by atoms with Crippen molar-refractivity contribution in [3.05, 3.63) is 46.5 Å². The van der Waals surface area contributed by atoms with Crippen LogP contribution in [-0.2, 0) is 13.0 Å². The summed E-state index contributed by atoms with van der Waals surface area (Å²) in [5.74, 6) is 2.37. The second kappa shape index (κ2) is 8.36. The highest BCUT2D eigenvalue weighted by atomic mass is 32.1. The molecule has 0 N–H and O–H groups in total. The van der Waals surface area contributed by atoms with Crippen LogP contribution in [0.5, 0.6) is 0 Å². The van der Waals surface area contributed by atoms with Crippen LogP contribution in [0.1, 0.15) is 55.7 Å². The van der Waals surface area contributed by atoms with Crippen LogP contribution in [-0.4, -0.2) is 20.3 Å². The summed E-state index contributed by atoms with van der Waals surface area (Å²) in [6.07, 6.45) is 10.6. The molecule has 3 aromatic rings. The Labute approximate surface area is 163 Å². The molecule has 5 nitrogen and oxygen atoms in total. The maximum atomic E-state index is 12.8. The minimum absolute atomic E-state index is 0.0931. The first-order valence-corrected chi connectivity index (χ1v) is 10.0. The topological polar surface area (TPSA) is 52.2 Å². The van der Waals surface area contributed by atoms with Crippen molar-refractivity contribution in [2.45, 2.75) is 52.6 Å². The van der Waals surface area contributed by atoms with Crippen LogP contribution in [0, 0.1) is 12.3 Å². The first-order chi connectivity index (χ1) is 13.0. The molecular formula is C21H24N4OS. The summed E-state index contributed by atoms with van der Waals surface area (Å²) in [7, 11) is 0. The first-order valence-electron chi connectivity index (χ1n) is 9.23. The molecule has 3 rings (SSSR count). The lowest BCUT2D eigenvalue weighted by molar-refractivity contribution is 0.0986. The van der Waals surface area contributed by atoms with E-state index < -0.39 is 0 Å². The lowest BCUT2D eigenvalue weighted by Gasteiger charge is -2.07. The molecule has 2 aromatic heterocycles. The largest absolute Gasteiger partial charge is 0.305 e. The van der Waals surface area contributed by atoms with E-state index in [0.29, 0.717) is 17.0 Å². The number of unbranched alkanes of at least 4 members (excludes halogenated alkanes) is 1. The van der Waals surface area contributed by atoms with E-state index in [1.165, 1.54) is 16.9 Å². The molecule has 0 bridgehead atoms. The highest BCUT2D eigenvalue weighted by Crippen LogP contribution is 2.20. The summed E-state index contributed by atoms with van der Waals surface area (Å²) in [6.45, 7) is 6.54. The number of thiazole rings is 1. The molecule has 0 saturated carbocycles.